The first-order valence-electron chi connectivity index (χ1n) is 10.7. The minimum absolute atomic E-state index is 0.145. The van der Waals surface area contributed by atoms with Crippen molar-refractivity contribution in [3.05, 3.63) is 77.7 Å². The average molecular weight is 437 g/mol. The van der Waals surface area contributed by atoms with Crippen molar-refractivity contribution in [2.45, 2.75) is 39.5 Å². The molecule has 1 heterocycles. The molecule has 0 spiro atoms. The lowest BCUT2D eigenvalue weighted by molar-refractivity contribution is -0.116. The third-order valence-electron chi connectivity index (χ3n) is 4.93. The fourth-order valence-electron chi connectivity index (χ4n) is 3.28. The molecule has 0 aliphatic carbocycles. The van der Waals surface area contributed by atoms with E-state index in [9.17, 15) is 14.0 Å². The van der Waals surface area contributed by atoms with Crippen LogP contribution >= 0.6 is 0 Å². The number of aromatic nitrogens is 2. The van der Waals surface area contributed by atoms with E-state index >= 15 is 0 Å². The molecule has 168 valence electrons. The van der Waals surface area contributed by atoms with Crippen LogP contribution in [0.25, 0.3) is 5.69 Å². The van der Waals surface area contributed by atoms with Gasteiger partial charge in [-0.05, 0) is 36.8 Å². The van der Waals surface area contributed by atoms with E-state index in [-0.39, 0.29) is 29.3 Å². The summed E-state index contributed by atoms with van der Waals surface area (Å²) in [6, 6.07) is 16.9. The Morgan fingerprint density at radius 3 is 2.41 bits per heavy atom. The summed E-state index contributed by atoms with van der Waals surface area (Å²) < 4.78 is 15.3. The quantitative estimate of drug-likeness (QED) is 0.579. The first-order chi connectivity index (χ1) is 15.2. The molecule has 0 radical (unpaired) electrons. The summed E-state index contributed by atoms with van der Waals surface area (Å²) in [5, 5.41) is 7.59. The van der Waals surface area contributed by atoms with Gasteiger partial charge in [-0.1, -0.05) is 52.0 Å². The third-order valence-corrected chi connectivity index (χ3v) is 4.93. The summed E-state index contributed by atoms with van der Waals surface area (Å²) in [6.07, 6.45) is 0.671. The van der Waals surface area contributed by atoms with Gasteiger partial charge in [0.1, 0.15) is 18.2 Å². The Hall–Kier alpha value is -3.48. The van der Waals surface area contributed by atoms with Gasteiger partial charge in [0.25, 0.3) is 5.91 Å². The first-order valence-corrected chi connectivity index (χ1v) is 10.7. The zero-order chi connectivity index (χ0) is 23.3. The van der Waals surface area contributed by atoms with Crippen LogP contribution in [0.1, 0.15) is 50.2 Å². The lowest BCUT2D eigenvalue weighted by atomic mass is 9.92. The number of nitrogens with zero attached hydrogens (tertiary/aromatic N) is 3. The zero-order valence-electron chi connectivity index (χ0n) is 18.9. The number of halogens is 1. The van der Waals surface area contributed by atoms with Crippen molar-refractivity contribution in [1.82, 2.24) is 14.7 Å². The topological polar surface area (TPSA) is 67.2 Å². The molecule has 2 amide bonds. The van der Waals surface area contributed by atoms with Crippen LogP contribution in [0.15, 0.2) is 60.7 Å². The Balaban J connectivity index is 1.83. The van der Waals surface area contributed by atoms with Crippen LogP contribution in [-0.4, -0.2) is 39.6 Å². The summed E-state index contributed by atoms with van der Waals surface area (Å²) in [4.78, 5) is 27.2. The third kappa shape index (κ3) is 5.60. The van der Waals surface area contributed by atoms with Gasteiger partial charge in [0.2, 0.25) is 5.91 Å². The normalized spacial score (nSPS) is 11.3. The summed E-state index contributed by atoms with van der Waals surface area (Å²) in [5.41, 5.74) is 1.66. The number of amides is 2. The van der Waals surface area contributed by atoms with Crippen molar-refractivity contribution in [3.63, 3.8) is 0 Å². The van der Waals surface area contributed by atoms with Crippen molar-refractivity contribution in [2.75, 3.05) is 18.4 Å². The molecule has 0 fully saturated rings. The number of nitrogens with one attached hydrogen (secondary N) is 1. The monoisotopic (exact) mass is 436 g/mol. The van der Waals surface area contributed by atoms with Crippen LogP contribution in [-0.2, 0) is 10.2 Å². The Morgan fingerprint density at radius 1 is 1.06 bits per heavy atom. The van der Waals surface area contributed by atoms with Gasteiger partial charge in [-0.3, -0.25) is 9.59 Å². The maximum atomic E-state index is 13.6. The van der Waals surface area contributed by atoms with Crippen LogP contribution in [0, 0.1) is 5.82 Å². The molecule has 7 heteroatoms. The summed E-state index contributed by atoms with van der Waals surface area (Å²) in [6.45, 7) is 8.32. The molecule has 0 aliphatic rings. The second-order valence-corrected chi connectivity index (χ2v) is 8.70. The summed E-state index contributed by atoms with van der Waals surface area (Å²) in [5.74, 6) is -0.687. The van der Waals surface area contributed by atoms with Crippen LogP contribution in [0.5, 0.6) is 0 Å². The number of benzene rings is 2. The van der Waals surface area contributed by atoms with Crippen molar-refractivity contribution in [2.24, 2.45) is 0 Å². The number of carbonyl (C=O) groups is 2. The molecule has 1 aromatic heterocycles. The largest absolute Gasteiger partial charge is 0.329 e. The Labute approximate surface area is 188 Å². The predicted octanol–water partition coefficient (Wildman–Crippen LogP) is 4.80. The second-order valence-electron chi connectivity index (χ2n) is 8.70. The molecule has 1 N–H and O–H groups in total. The van der Waals surface area contributed by atoms with E-state index in [2.05, 4.69) is 26.1 Å². The molecule has 3 rings (SSSR count). The fraction of sp³-hybridized carbons (Fsp3) is 0.320. The highest BCUT2D eigenvalue weighted by atomic mass is 19.1. The molecule has 2 aromatic carbocycles. The molecule has 0 saturated carbocycles. The molecule has 0 saturated heterocycles. The fourth-order valence-corrected chi connectivity index (χ4v) is 3.28. The molecule has 0 aliphatic heterocycles. The standard InChI is InChI=1S/C25H29FN4O2/c1-5-14-29(24(32)18-10-9-11-19(26)15-18)17-23(31)27-22-16-21(25(2,3)4)28-30(22)20-12-7-6-8-13-20/h6-13,15-16H,5,14,17H2,1-4H3,(H,27,31). The molecular weight excluding hydrogens is 407 g/mol. The van der Waals surface area contributed by atoms with E-state index < -0.39 is 5.82 Å². The molecule has 32 heavy (non-hydrogen) atoms. The van der Waals surface area contributed by atoms with Crippen LogP contribution in [0.2, 0.25) is 0 Å². The molecule has 3 aromatic rings. The van der Waals surface area contributed by atoms with E-state index in [1.54, 1.807) is 10.7 Å². The number of para-hydroxylation sites is 1. The Bertz CT molecular complexity index is 1090. The lowest BCUT2D eigenvalue weighted by Crippen LogP contribution is -2.38. The number of anilines is 1. The molecular formula is C25H29FN4O2. The predicted molar refractivity (Wildman–Crippen MR) is 123 cm³/mol. The minimum Gasteiger partial charge on any atom is -0.329 e. The number of carbonyl (C=O) groups excluding carboxylic acids is 2. The Morgan fingerprint density at radius 2 is 1.78 bits per heavy atom. The van der Waals surface area contributed by atoms with Crippen molar-refractivity contribution < 1.29 is 14.0 Å². The highest BCUT2D eigenvalue weighted by Gasteiger charge is 2.23. The van der Waals surface area contributed by atoms with Crippen molar-refractivity contribution in [1.29, 1.82) is 0 Å². The van der Waals surface area contributed by atoms with Gasteiger partial charge in [-0.25, -0.2) is 9.07 Å². The smallest absolute Gasteiger partial charge is 0.254 e. The van der Waals surface area contributed by atoms with Gasteiger partial charge in [0.05, 0.1) is 11.4 Å². The van der Waals surface area contributed by atoms with Gasteiger partial charge >= 0.3 is 0 Å². The molecule has 0 atom stereocenters. The summed E-state index contributed by atoms with van der Waals surface area (Å²) >= 11 is 0. The molecule has 0 bridgehead atoms. The van der Waals surface area contributed by atoms with E-state index in [1.807, 2.05) is 43.3 Å². The van der Waals surface area contributed by atoms with Gasteiger partial charge in [0, 0.05) is 23.6 Å². The minimum atomic E-state index is -0.488. The van der Waals surface area contributed by atoms with Crippen molar-refractivity contribution in [3.8, 4) is 5.69 Å². The van der Waals surface area contributed by atoms with Crippen LogP contribution in [0.3, 0.4) is 0 Å². The van der Waals surface area contributed by atoms with E-state index in [4.69, 9.17) is 5.10 Å². The zero-order valence-corrected chi connectivity index (χ0v) is 18.9. The average Bonchev–Trinajstić information content (AvgIpc) is 3.18. The van der Waals surface area contributed by atoms with Gasteiger partial charge in [-0.15, -0.1) is 0 Å². The SMILES string of the molecule is CCCN(CC(=O)Nc1cc(C(C)(C)C)nn1-c1ccccc1)C(=O)c1cccc(F)c1. The number of rotatable bonds is 7. The highest BCUT2D eigenvalue weighted by molar-refractivity contribution is 5.99. The molecule has 0 unspecified atom stereocenters. The number of hydrogen-bond acceptors (Lipinski definition) is 3. The van der Waals surface area contributed by atoms with E-state index in [0.717, 1.165) is 11.4 Å². The molecule has 6 nitrogen and oxygen atoms in total. The lowest BCUT2D eigenvalue weighted by Gasteiger charge is -2.22. The second kappa shape index (κ2) is 9.77. The maximum absolute atomic E-state index is 13.6. The number of hydrogen-bond donors (Lipinski definition) is 1. The highest BCUT2D eigenvalue weighted by Crippen LogP contribution is 2.26. The van der Waals surface area contributed by atoms with Crippen molar-refractivity contribution >= 4 is 17.6 Å². The van der Waals surface area contributed by atoms with Gasteiger partial charge in [0.15, 0.2) is 0 Å². The first kappa shape index (κ1) is 23.2. The van der Waals surface area contributed by atoms with Gasteiger partial charge in [-0.2, -0.15) is 5.10 Å². The maximum Gasteiger partial charge on any atom is 0.254 e. The Kier molecular flexibility index (Phi) is 7.08. The van der Waals surface area contributed by atoms with E-state index in [0.29, 0.717) is 18.8 Å². The summed E-state index contributed by atoms with van der Waals surface area (Å²) in [7, 11) is 0. The van der Waals surface area contributed by atoms with Crippen LogP contribution in [0.4, 0.5) is 10.2 Å². The van der Waals surface area contributed by atoms with Gasteiger partial charge < -0.3 is 10.2 Å². The van der Waals surface area contributed by atoms with E-state index in [1.165, 1.54) is 23.1 Å². The van der Waals surface area contributed by atoms with Crippen LogP contribution < -0.4 is 5.32 Å².